The first-order valence-electron chi connectivity index (χ1n) is 7.64. The average Bonchev–Trinajstić information content (AvgIpc) is 2.90. The van der Waals surface area contributed by atoms with Gasteiger partial charge >= 0.3 is 11.9 Å². The highest BCUT2D eigenvalue weighted by atomic mass is 16.5. The van der Waals surface area contributed by atoms with Crippen LogP contribution in [0.4, 0.5) is 5.69 Å². The van der Waals surface area contributed by atoms with E-state index in [0.29, 0.717) is 19.6 Å². The Labute approximate surface area is 131 Å². The molecule has 0 fully saturated rings. The first-order chi connectivity index (χ1) is 10.4. The Kier molecular flexibility index (Phi) is 4.74. The van der Waals surface area contributed by atoms with E-state index < -0.39 is 5.41 Å². The summed E-state index contributed by atoms with van der Waals surface area (Å²) in [6.07, 6.45) is 0.570. The van der Waals surface area contributed by atoms with Gasteiger partial charge in [-0.2, -0.15) is 0 Å². The van der Waals surface area contributed by atoms with Crippen molar-refractivity contribution in [2.24, 2.45) is 0 Å². The number of anilines is 1. The minimum atomic E-state index is -0.715. The maximum atomic E-state index is 12.1. The Hall–Kier alpha value is -2.04. The van der Waals surface area contributed by atoms with Crippen molar-refractivity contribution in [3.63, 3.8) is 0 Å². The summed E-state index contributed by atoms with van der Waals surface area (Å²) in [5.41, 5.74) is 2.11. The fourth-order valence-corrected chi connectivity index (χ4v) is 2.57. The van der Waals surface area contributed by atoms with E-state index in [1.54, 1.807) is 13.8 Å². The molecule has 1 aromatic carbocycles. The standard InChI is InChI=1S/C17H23NO4/c1-5-21-15(19)14-10-11-9-12(7-8-13(11)18-14)17(3,4)16(20)22-6-2/h7-9,14,18H,5-6,10H2,1-4H3. The predicted molar refractivity (Wildman–Crippen MR) is 83.8 cm³/mol. The number of ether oxygens (including phenoxy) is 2. The van der Waals surface area contributed by atoms with Crippen LogP contribution in [0.25, 0.3) is 0 Å². The lowest BCUT2D eigenvalue weighted by atomic mass is 9.83. The molecule has 0 aliphatic carbocycles. The van der Waals surface area contributed by atoms with E-state index in [2.05, 4.69) is 5.32 Å². The van der Waals surface area contributed by atoms with E-state index in [1.165, 1.54) is 0 Å². The van der Waals surface area contributed by atoms with E-state index in [9.17, 15) is 9.59 Å². The van der Waals surface area contributed by atoms with Gasteiger partial charge in [-0.05, 0) is 44.9 Å². The lowest BCUT2D eigenvalue weighted by molar-refractivity contribution is -0.149. The van der Waals surface area contributed by atoms with Gasteiger partial charge in [0.25, 0.3) is 0 Å². The van der Waals surface area contributed by atoms with Gasteiger partial charge < -0.3 is 14.8 Å². The van der Waals surface area contributed by atoms with Gasteiger partial charge in [0.1, 0.15) is 6.04 Å². The molecule has 0 bridgehead atoms. The third-order valence-corrected chi connectivity index (χ3v) is 3.94. The summed E-state index contributed by atoms with van der Waals surface area (Å²) < 4.78 is 10.2. The number of carbonyl (C=O) groups is 2. The van der Waals surface area contributed by atoms with Crippen LogP contribution in [0.1, 0.15) is 38.8 Å². The Morgan fingerprint density at radius 2 is 1.91 bits per heavy atom. The van der Waals surface area contributed by atoms with Crippen molar-refractivity contribution in [3.8, 4) is 0 Å². The number of hydrogen-bond acceptors (Lipinski definition) is 5. The van der Waals surface area contributed by atoms with Crippen molar-refractivity contribution >= 4 is 17.6 Å². The fourth-order valence-electron chi connectivity index (χ4n) is 2.57. The summed E-state index contributed by atoms with van der Waals surface area (Å²) in [4.78, 5) is 23.9. The molecule has 0 radical (unpaired) electrons. The molecule has 1 N–H and O–H groups in total. The molecule has 5 heteroatoms. The molecule has 0 spiro atoms. The molecule has 1 atom stereocenters. The minimum absolute atomic E-state index is 0.245. The van der Waals surface area contributed by atoms with Crippen LogP contribution in [-0.4, -0.2) is 31.2 Å². The molecule has 1 aliphatic heterocycles. The second kappa shape index (κ2) is 6.38. The monoisotopic (exact) mass is 305 g/mol. The van der Waals surface area contributed by atoms with Crippen LogP contribution >= 0.6 is 0 Å². The van der Waals surface area contributed by atoms with Crippen LogP contribution in [0.3, 0.4) is 0 Å². The van der Waals surface area contributed by atoms with Crippen LogP contribution in [-0.2, 0) is 30.9 Å². The van der Waals surface area contributed by atoms with Crippen molar-refractivity contribution in [1.29, 1.82) is 0 Å². The van der Waals surface area contributed by atoms with Crippen LogP contribution in [0.2, 0.25) is 0 Å². The normalized spacial score (nSPS) is 16.6. The predicted octanol–water partition coefficient (Wildman–Crippen LogP) is 2.43. The lowest BCUT2D eigenvalue weighted by Gasteiger charge is -2.23. The Bertz CT molecular complexity index is 580. The molecule has 0 saturated carbocycles. The molecule has 0 saturated heterocycles. The zero-order valence-electron chi connectivity index (χ0n) is 13.6. The third kappa shape index (κ3) is 3.08. The number of esters is 2. The highest BCUT2D eigenvalue weighted by Gasteiger charge is 2.34. The largest absolute Gasteiger partial charge is 0.465 e. The third-order valence-electron chi connectivity index (χ3n) is 3.94. The Balaban J connectivity index is 2.20. The first kappa shape index (κ1) is 16.3. The highest BCUT2D eigenvalue weighted by Crippen LogP contribution is 2.32. The first-order valence-corrected chi connectivity index (χ1v) is 7.64. The molecule has 0 amide bonds. The molecular weight excluding hydrogens is 282 g/mol. The van der Waals surface area contributed by atoms with Crippen molar-refractivity contribution in [1.82, 2.24) is 0 Å². The number of hydrogen-bond donors (Lipinski definition) is 1. The van der Waals surface area contributed by atoms with E-state index in [-0.39, 0.29) is 18.0 Å². The lowest BCUT2D eigenvalue weighted by Crippen LogP contribution is -2.31. The topological polar surface area (TPSA) is 64.6 Å². The molecule has 120 valence electrons. The number of fused-ring (bicyclic) bond motifs is 1. The fraction of sp³-hybridized carbons (Fsp3) is 0.529. The molecule has 0 aromatic heterocycles. The summed E-state index contributed by atoms with van der Waals surface area (Å²) in [5.74, 6) is -0.493. The summed E-state index contributed by atoms with van der Waals surface area (Å²) in [6, 6.07) is 5.43. The number of carbonyl (C=O) groups excluding carboxylic acids is 2. The van der Waals surface area contributed by atoms with Crippen LogP contribution in [0.15, 0.2) is 18.2 Å². The van der Waals surface area contributed by atoms with E-state index in [0.717, 1.165) is 16.8 Å². The molecule has 1 heterocycles. The van der Waals surface area contributed by atoms with Gasteiger partial charge in [0.2, 0.25) is 0 Å². The van der Waals surface area contributed by atoms with Gasteiger partial charge in [-0.1, -0.05) is 12.1 Å². The zero-order valence-corrected chi connectivity index (χ0v) is 13.6. The molecule has 1 unspecified atom stereocenters. The van der Waals surface area contributed by atoms with Gasteiger partial charge in [0.15, 0.2) is 0 Å². The maximum absolute atomic E-state index is 12.1. The molecular formula is C17H23NO4. The van der Waals surface area contributed by atoms with Crippen molar-refractivity contribution in [2.45, 2.75) is 45.6 Å². The maximum Gasteiger partial charge on any atom is 0.328 e. The number of benzene rings is 1. The van der Waals surface area contributed by atoms with Crippen LogP contribution in [0, 0.1) is 0 Å². The van der Waals surface area contributed by atoms with Crippen molar-refractivity contribution in [3.05, 3.63) is 29.3 Å². The van der Waals surface area contributed by atoms with Gasteiger partial charge in [-0.15, -0.1) is 0 Å². The summed E-state index contributed by atoms with van der Waals surface area (Å²) in [5, 5.41) is 3.16. The Morgan fingerprint density at radius 3 is 2.55 bits per heavy atom. The van der Waals surface area contributed by atoms with Crippen LogP contribution in [0.5, 0.6) is 0 Å². The average molecular weight is 305 g/mol. The van der Waals surface area contributed by atoms with Gasteiger partial charge in [0.05, 0.1) is 18.6 Å². The number of nitrogens with one attached hydrogen (secondary N) is 1. The SMILES string of the molecule is CCOC(=O)C1Cc2cc(C(C)(C)C(=O)OCC)ccc2N1. The quantitative estimate of drug-likeness (QED) is 0.846. The smallest absolute Gasteiger partial charge is 0.328 e. The van der Waals surface area contributed by atoms with E-state index >= 15 is 0 Å². The molecule has 2 rings (SSSR count). The highest BCUT2D eigenvalue weighted by molar-refractivity contribution is 5.85. The van der Waals surface area contributed by atoms with E-state index in [1.807, 2.05) is 32.0 Å². The van der Waals surface area contributed by atoms with E-state index in [4.69, 9.17) is 9.47 Å². The summed E-state index contributed by atoms with van der Waals surface area (Å²) in [6.45, 7) is 8.01. The molecule has 1 aromatic rings. The summed E-state index contributed by atoms with van der Waals surface area (Å²) in [7, 11) is 0. The zero-order chi connectivity index (χ0) is 16.3. The number of rotatable bonds is 5. The Morgan fingerprint density at radius 1 is 1.23 bits per heavy atom. The van der Waals surface area contributed by atoms with Crippen LogP contribution < -0.4 is 5.32 Å². The van der Waals surface area contributed by atoms with Crippen molar-refractivity contribution in [2.75, 3.05) is 18.5 Å². The summed E-state index contributed by atoms with van der Waals surface area (Å²) >= 11 is 0. The van der Waals surface area contributed by atoms with Gasteiger partial charge in [0, 0.05) is 12.1 Å². The van der Waals surface area contributed by atoms with Gasteiger partial charge in [-0.25, -0.2) is 4.79 Å². The second-order valence-electron chi connectivity index (χ2n) is 5.87. The molecule has 22 heavy (non-hydrogen) atoms. The minimum Gasteiger partial charge on any atom is -0.465 e. The van der Waals surface area contributed by atoms with Crippen molar-refractivity contribution < 1.29 is 19.1 Å². The van der Waals surface area contributed by atoms with Gasteiger partial charge in [-0.3, -0.25) is 4.79 Å². The molecule has 1 aliphatic rings. The molecule has 5 nitrogen and oxygen atoms in total. The second-order valence-corrected chi connectivity index (χ2v) is 5.87.